The fourth-order valence-electron chi connectivity index (χ4n) is 2.18. The molecule has 0 saturated heterocycles. The molecule has 0 atom stereocenters. The number of nitrogens with one attached hydrogen (secondary N) is 2. The standard InChI is InChI=1S/C14H22N2O2/c17-8-10-18-9-7-15-5-3-12-1-2-14-13(11-12)4-6-16-14/h1-2,11,15-17H,3-10H2. The van der Waals surface area contributed by atoms with Crippen molar-refractivity contribution in [3.63, 3.8) is 0 Å². The Hall–Kier alpha value is -1.10. The SMILES string of the molecule is OCCOCCNCCc1ccc2c(c1)CCN2. The van der Waals surface area contributed by atoms with Gasteiger partial charge in [-0.2, -0.15) is 0 Å². The van der Waals surface area contributed by atoms with E-state index in [-0.39, 0.29) is 6.61 Å². The average molecular weight is 250 g/mol. The number of aliphatic hydroxyl groups excluding tert-OH is 1. The maximum Gasteiger partial charge on any atom is 0.0698 e. The highest BCUT2D eigenvalue weighted by molar-refractivity contribution is 5.56. The van der Waals surface area contributed by atoms with Gasteiger partial charge in [0.2, 0.25) is 0 Å². The number of anilines is 1. The first-order chi connectivity index (χ1) is 8.90. The molecule has 0 aromatic heterocycles. The zero-order chi connectivity index (χ0) is 12.6. The lowest BCUT2D eigenvalue weighted by molar-refractivity contribution is 0.0940. The van der Waals surface area contributed by atoms with E-state index in [4.69, 9.17) is 9.84 Å². The van der Waals surface area contributed by atoms with E-state index in [9.17, 15) is 0 Å². The molecular formula is C14H22N2O2. The van der Waals surface area contributed by atoms with Gasteiger partial charge in [-0.25, -0.2) is 0 Å². The van der Waals surface area contributed by atoms with E-state index in [1.165, 1.54) is 16.8 Å². The fourth-order valence-corrected chi connectivity index (χ4v) is 2.18. The van der Waals surface area contributed by atoms with Crippen molar-refractivity contribution >= 4 is 5.69 Å². The van der Waals surface area contributed by atoms with Gasteiger partial charge < -0.3 is 20.5 Å². The molecule has 0 bridgehead atoms. The molecule has 1 aliphatic heterocycles. The van der Waals surface area contributed by atoms with Gasteiger partial charge in [0.1, 0.15) is 0 Å². The molecule has 1 heterocycles. The van der Waals surface area contributed by atoms with Crippen LogP contribution in [0.25, 0.3) is 0 Å². The summed E-state index contributed by atoms with van der Waals surface area (Å²) >= 11 is 0. The molecule has 4 nitrogen and oxygen atoms in total. The molecule has 4 heteroatoms. The molecular weight excluding hydrogens is 228 g/mol. The van der Waals surface area contributed by atoms with Gasteiger partial charge in [0.15, 0.2) is 0 Å². The van der Waals surface area contributed by atoms with Crippen molar-refractivity contribution in [2.24, 2.45) is 0 Å². The fraction of sp³-hybridized carbons (Fsp3) is 0.571. The van der Waals surface area contributed by atoms with Crippen molar-refractivity contribution in [3.8, 4) is 0 Å². The number of fused-ring (bicyclic) bond motifs is 1. The van der Waals surface area contributed by atoms with Gasteiger partial charge in [-0.3, -0.25) is 0 Å². The highest BCUT2D eigenvalue weighted by Crippen LogP contribution is 2.22. The van der Waals surface area contributed by atoms with Crippen molar-refractivity contribution in [3.05, 3.63) is 29.3 Å². The van der Waals surface area contributed by atoms with Crippen molar-refractivity contribution in [1.82, 2.24) is 5.32 Å². The smallest absolute Gasteiger partial charge is 0.0698 e. The van der Waals surface area contributed by atoms with E-state index >= 15 is 0 Å². The van der Waals surface area contributed by atoms with Crippen LogP contribution in [0, 0.1) is 0 Å². The lowest BCUT2D eigenvalue weighted by Gasteiger charge is -2.07. The third-order valence-electron chi connectivity index (χ3n) is 3.13. The minimum absolute atomic E-state index is 0.100. The van der Waals surface area contributed by atoms with Gasteiger partial charge in [-0.15, -0.1) is 0 Å². The minimum Gasteiger partial charge on any atom is -0.394 e. The Balaban J connectivity index is 1.62. The second-order valence-corrected chi connectivity index (χ2v) is 4.50. The van der Waals surface area contributed by atoms with Crippen LogP contribution in [0.1, 0.15) is 11.1 Å². The summed E-state index contributed by atoms with van der Waals surface area (Å²) in [5.74, 6) is 0. The number of aliphatic hydroxyl groups is 1. The molecule has 100 valence electrons. The van der Waals surface area contributed by atoms with E-state index < -0.39 is 0 Å². The van der Waals surface area contributed by atoms with Crippen LogP contribution in [0.3, 0.4) is 0 Å². The van der Waals surface area contributed by atoms with Crippen LogP contribution < -0.4 is 10.6 Å². The van der Waals surface area contributed by atoms with E-state index in [2.05, 4.69) is 28.8 Å². The number of hydrogen-bond acceptors (Lipinski definition) is 4. The number of rotatable bonds is 8. The molecule has 18 heavy (non-hydrogen) atoms. The third kappa shape index (κ3) is 3.98. The predicted molar refractivity (Wildman–Crippen MR) is 73.1 cm³/mol. The van der Waals surface area contributed by atoms with Crippen LogP contribution in [0.5, 0.6) is 0 Å². The normalized spacial score (nSPS) is 13.4. The Kier molecular flexibility index (Phi) is 5.45. The van der Waals surface area contributed by atoms with Crippen LogP contribution in [-0.2, 0) is 17.6 Å². The molecule has 1 aromatic carbocycles. The minimum atomic E-state index is 0.100. The monoisotopic (exact) mass is 250 g/mol. The zero-order valence-corrected chi connectivity index (χ0v) is 10.7. The molecule has 1 aliphatic rings. The number of benzene rings is 1. The van der Waals surface area contributed by atoms with E-state index in [0.717, 1.165) is 32.5 Å². The molecule has 0 unspecified atom stereocenters. The van der Waals surface area contributed by atoms with Crippen LogP contribution in [0.4, 0.5) is 5.69 Å². The van der Waals surface area contributed by atoms with Crippen molar-refractivity contribution in [2.75, 3.05) is 44.8 Å². The summed E-state index contributed by atoms with van der Waals surface area (Å²) in [7, 11) is 0. The average Bonchev–Trinajstić information content (AvgIpc) is 2.85. The second-order valence-electron chi connectivity index (χ2n) is 4.50. The van der Waals surface area contributed by atoms with E-state index in [0.29, 0.717) is 13.2 Å². The summed E-state index contributed by atoms with van der Waals surface area (Å²) in [6, 6.07) is 6.68. The quantitative estimate of drug-likeness (QED) is 0.597. The van der Waals surface area contributed by atoms with E-state index in [1.54, 1.807) is 0 Å². The Labute approximate surface area is 108 Å². The summed E-state index contributed by atoms with van der Waals surface area (Å²) < 4.78 is 5.17. The Morgan fingerprint density at radius 3 is 3.11 bits per heavy atom. The van der Waals surface area contributed by atoms with Crippen molar-refractivity contribution in [1.29, 1.82) is 0 Å². The molecule has 0 saturated carbocycles. The third-order valence-corrected chi connectivity index (χ3v) is 3.13. The molecule has 0 spiro atoms. The Morgan fingerprint density at radius 2 is 2.22 bits per heavy atom. The molecule has 3 N–H and O–H groups in total. The highest BCUT2D eigenvalue weighted by Gasteiger charge is 2.09. The predicted octanol–water partition coefficient (Wildman–Crippen LogP) is 0.796. The van der Waals surface area contributed by atoms with Crippen LogP contribution in [0.15, 0.2) is 18.2 Å². The molecule has 2 rings (SSSR count). The van der Waals surface area contributed by atoms with Crippen LogP contribution in [0.2, 0.25) is 0 Å². The maximum absolute atomic E-state index is 8.54. The van der Waals surface area contributed by atoms with Gasteiger partial charge >= 0.3 is 0 Å². The van der Waals surface area contributed by atoms with Crippen LogP contribution in [-0.4, -0.2) is 44.6 Å². The molecule has 0 fully saturated rings. The van der Waals surface area contributed by atoms with Crippen molar-refractivity contribution in [2.45, 2.75) is 12.8 Å². The van der Waals surface area contributed by atoms with Gasteiger partial charge in [0.25, 0.3) is 0 Å². The lowest BCUT2D eigenvalue weighted by atomic mass is 10.1. The Morgan fingerprint density at radius 1 is 1.28 bits per heavy atom. The Bertz CT molecular complexity index is 369. The summed E-state index contributed by atoms with van der Waals surface area (Å²) in [5, 5.41) is 15.3. The first-order valence-electron chi connectivity index (χ1n) is 6.65. The van der Waals surface area contributed by atoms with Gasteiger partial charge in [-0.05, 0) is 36.6 Å². The lowest BCUT2D eigenvalue weighted by Crippen LogP contribution is -2.22. The summed E-state index contributed by atoms with van der Waals surface area (Å²) in [5.41, 5.74) is 4.13. The number of hydrogen-bond donors (Lipinski definition) is 3. The first-order valence-corrected chi connectivity index (χ1v) is 6.65. The number of ether oxygens (including phenoxy) is 1. The summed E-state index contributed by atoms with van der Waals surface area (Å²) in [6.07, 6.45) is 2.19. The van der Waals surface area contributed by atoms with Crippen molar-refractivity contribution < 1.29 is 9.84 Å². The topological polar surface area (TPSA) is 53.5 Å². The largest absolute Gasteiger partial charge is 0.394 e. The van der Waals surface area contributed by atoms with Crippen LogP contribution >= 0.6 is 0 Å². The molecule has 1 aromatic rings. The second kappa shape index (κ2) is 7.36. The maximum atomic E-state index is 8.54. The highest BCUT2D eigenvalue weighted by atomic mass is 16.5. The van der Waals surface area contributed by atoms with Gasteiger partial charge in [-0.1, -0.05) is 12.1 Å². The van der Waals surface area contributed by atoms with E-state index in [1.807, 2.05) is 0 Å². The molecule has 0 aliphatic carbocycles. The van der Waals surface area contributed by atoms with Gasteiger partial charge in [0.05, 0.1) is 19.8 Å². The zero-order valence-electron chi connectivity index (χ0n) is 10.7. The summed E-state index contributed by atoms with van der Waals surface area (Å²) in [4.78, 5) is 0. The van der Waals surface area contributed by atoms with Gasteiger partial charge in [0, 0.05) is 18.8 Å². The molecule has 0 amide bonds. The first kappa shape index (κ1) is 13.3. The summed E-state index contributed by atoms with van der Waals surface area (Å²) in [6.45, 7) is 4.07. The molecule has 0 radical (unpaired) electrons.